The molecule has 2 aromatic carbocycles. The number of H-pyrrole nitrogens is 1. The molecule has 0 unspecified atom stereocenters. The van der Waals surface area contributed by atoms with E-state index in [2.05, 4.69) is 60.1 Å². The van der Waals surface area contributed by atoms with Crippen LogP contribution in [-0.2, 0) is 6.54 Å². The van der Waals surface area contributed by atoms with Gasteiger partial charge in [-0.25, -0.2) is 10.1 Å². The number of rotatable bonds is 4. The minimum absolute atomic E-state index is 0.241. The van der Waals surface area contributed by atoms with Gasteiger partial charge in [0.25, 0.3) is 0 Å². The zero-order chi connectivity index (χ0) is 20.7. The van der Waals surface area contributed by atoms with Crippen LogP contribution in [0, 0.1) is 6.92 Å². The second kappa shape index (κ2) is 7.47. The Morgan fingerprint density at radius 1 is 0.900 bits per heavy atom. The molecule has 0 atom stereocenters. The number of halogens is 2. The molecular formula is C20H14Cl2N8. The number of imidazole rings is 1. The number of tetrazole rings is 1. The SMILES string of the molecule is Cc1nc2c(Cl)nnc(Cl)c2n1Cc1ccc(-c2ccccc2-c2nnn[nH]2)cc1. The summed E-state index contributed by atoms with van der Waals surface area (Å²) in [6, 6.07) is 16.3. The smallest absolute Gasteiger partial charge is 0.180 e. The second-order valence-corrected chi connectivity index (χ2v) is 7.43. The molecule has 8 nitrogen and oxygen atoms in total. The lowest BCUT2D eigenvalue weighted by molar-refractivity contribution is 0.784. The van der Waals surface area contributed by atoms with Gasteiger partial charge in [0.1, 0.15) is 16.9 Å². The van der Waals surface area contributed by atoms with Crippen LogP contribution in [0.1, 0.15) is 11.4 Å². The topological polar surface area (TPSA) is 98.1 Å². The predicted molar refractivity (Wildman–Crippen MR) is 114 cm³/mol. The van der Waals surface area contributed by atoms with Gasteiger partial charge in [-0.3, -0.25) is 0 Å². The molecule has 0 aliphatic heterocycles. The molecule has 0 spiro atoms. The minimum atomic E-state index is 0.241. The molecule has 3 aromatic heterocycles. The first-order valence-electron chi connectivity index (χ1n) is 9.09. The van der Waals surface area contributed by atoms with Crippen LogP contribution in [0.4, 0.5) is 0 Å². The van der Waals surface area contributed by atoms with Crippen molar-refractivity contribution in [3.63, 3.8) is 0 Å². The number of hydrogen-bond acceptors (Lipinski definition) is 6. The van der Waals surface area contributed by atoms with E-state index in [0.717, 1.165) is 28.1 Å². The van der Waals surface area contributed by atoms with E-state index in [1.165, 1.54) is 0 Å². The van der Waals surface area contributed by atoms with Crippen molar-refractivity contribution in [1.29, 1.82) is 0 Å². The Morgan fingerprint density at radius 3 is 2.37 bits per heavy atom. The largest absolute Gasteiger partial charge is 0.321 e. The summed E-state index contributed by atoms with van der Waals surface area (Å²) >= 11 is 12.4. The number of benzene rings is 2. The number of fused-ring (bicyclic) bond motifs is 1. The number of nitrogens with zero attached hydrogens (tertiary/aromatic N) is 7. The molecule has 5 rings (SSSR count). The van der Waals surface area contributed by atoms with Gasteiger partial charge in [-0.05, 0) is 34.0 Å². The van der Waals surface area contributed by atoms with Crippen molar-refractivity contribution in [2.24, 2.45) is 0 Å². The summed E-state index contributed by atoms with van der Waals surface area (Å²) in [4.78, 5) is 4.50. The first-order valence-corrected chi connectivity index (χ1v) is 9.84. The van der Waals surface area contributed by atoms with Gasteiger partial charge in [-0.2, -0.15) is 0 Å². The quantitative estimate of drug-likeness (QED) is 0.449. The van der Waals surface area contributed by atoms with Crippen LogP contribution in [0.2, 0.25) is 10.3 Å². The van der Waals surface area contributed by atoms with Crippen molar-refractivity contribution in [1.82, 2.24) is 40.4 Å². The molecule has 1 N–H and O–H groups in total. The lowest BCUT2D eigenvalue weighted by Gasteiger charge is -2.10. The number of aromatic nitrogens is 8. The third kappa shape index (κ3) is 3.20. The van der Waals surface area contributed by atoms with Gasteiger partial charge in [0.15, 0.2) is 16.1 Å². The van der Waals surface area contributed by atoms with E-state index in [-0.39, 0.29) is 10.3 Å². The van der Waals surface area contributed by atoms with Crippen molar-refractivity contribution < 1.29 is 0 Å². The second-order valence-electron chi connectivity index (χ2n) is 6.72. The molecule has 0 saturated heterocycles. The molecule has 30 heavy (non-hydrogen) atoms. The molecule has 0 aliphatic rings. The van der Waals surface area contributed by atoms with Gasteiger partial charge in [0.05, 0.1) is 0 Å². The van der Waals surface area contributed by atoms with Gasteiger partial charge in [-0.15, -0.1) is 15.3 Å². The highest BCUT2D eigenvalue weighted by molar-refractivity contribution is 6.37. The highest BCUT2D eigenvalue weighted by Crippen LogP contribution is 2.31. The Labute approximate surface area is 180 Å². The highest BCUT2D eigenvalue weighted by Gasteiger charge is 2.16. The Bertz CT molecular complexity index is 1340. The molecule has 0 fully saturated rings. The molecule has 0 radical (unpaired) electrons. The molecule has 3 heterocycles. The fourth-order valence-corrected chi connectivity index (χ4v) is 3.88. The van der Waals surface area contributed by atoms with Crippen molar-refractivity contribution in [2.45, 2.75) is 13.5 Å². The average Bonchev–Trinajstić information content (AvgIpc) is 3.41. The van der Waals surface area contributed by atoms with Crippen LogP contribution < -0.4 is 0 Å². The molecule has 0 saturated carbocycles. The van der Waals surface area contributed by atoms with E-state index in [9.17, 15) is 0 Å². The number of aryl methyl sites for hydroxylation is 1. The molecular weight excluding hydrogens is 423 g/mol. The van der Waals surface area contributed by atoms with Crippen molar-refractivity contribution in [3.05, 3.63) is 70.2 Å². The summed E-state index contributed by atoms with van der Waals surface area (Å²) in [6.45, 7) is 2.49. The summed E-state index contributed by atoms with van der Waals surface area (Å²) in [7, 11) is 0. The van der Waals surface area contributed by atoms with Gasteiger partial charge >= 0.3 is 0 Å². The van der Waals surface area contributed by atoms with E-state index in [4.69, 9.17) is 23.2 Å². The fraction of sp³-hybridized carbons (Fsp3) is 0.100. The number of aromatic amines is 1. The first-order chi connectivity index (χ1) is 14.6. The molecule has 10 heteroatoms. The normalized spacial score (nSPS) is 11.3. The number of hydrogen-bond donors (Lipinski definition) is 1. The molecule has 0 aliphatic carbocycles. The third-order valence-corrected chi connectivity index (χ3v) is 5.42. The lowest BCUT2D eigenvalue weighted by Crippen LogP contribution is -2.03. The Kier molecular flexibility index (Phi) is 4.65. The zero-order valence-corrected chi connectivity index (χ0v) is 17.2. The van der Waals surface area contributed by atoms with Gasteiger partial charge in [-0.1, -0.05) is 71.7 Å². The van der Waals surface area contributed by atoms with E-state index < -0.39 is 0 Å². The summed E-state index contributed by atoms with van der Waals surface area (Å²) in [5.74, 6) is 1.42. The van der Waals surface area contributed by atoms with Gasteiger partial charge < -0.3 is 4.57 Å². The zero-order valence-electron chi connectivity index (χ0n) is 15.7. The molecule has 5 aromatic rings. The molecule has 148 valence electrons. The maximum atomic E-state index is 6.27. The first kappa shape index (κ1) is 18.7. The summed E-state index contributed by atoms with van der Waals surface area (Å²) < 4.78 is 1.99. The van der Waals surface area contributed by atoms with E-state index in [1.807, 2.05) is 35.8 Å². The van der Waals surface area contributed by atoms with Crippen LogP contribution >= 0.6 is 23.2 Å². The van der Waals surface area contributed by atoms with Crippen LogP contribution in [0.3, 0.4) is 0 Å². The third-order valence-electron chi connectivity index (χ3n) is 4.91. The summed E-state index contributed by atoms with van der Waals surface area (Å²) in [5.41, 5.74) is 5.36. The van der Waals surface area contributed by atoms with Crippen molar-refractivity contribution >= 4 is 34.2 Å². The van der Waals surface area contributed by atoms with Crippen molar-refractivity contribution in [3.8, 4) is 22.5 Å². The van der Waals surface area contributed by atoms with E-state index in [0.29, 0.717) is 23.4 Å². The highest BCUT2D eigenvalue weighted by atomic mass is 35.5. The summed E-state index contributed by atoms with van der Waals surface area (Å²) in [6.07, 6.45) is 0. The minimum Gasteiger partial charge on any atom is -0.321 e. The van der Waals surface area contributed by atoms with E-state index in [1.54, 1.807) is 0 Å². The maximum Gasteiger partial charge on any atom is 0.180 e. The summed E-state index contributed by atoms with van der Waals surface area (Å²) in [5, 5.41) is 22.5. The Balaban J connectivity index is 1.50. The lowest BCUT2D eigenvalue weighted by atomic mass is 9.98. The Morgan fingerprint density at radius 2 is 1.63 bits per heavy atom. The van der Waals surface area contributed by atoms with Crippen molar-refractivity contribution in [2.75, 3.05) is 0 Å². The van der Waals surface area contributed by atoms with E-state index >= 15 is 0 Å². The molecule has 0 bridgehead atoms. The van der Waals surface area contributed by atoms with Crippen LogP contribution in [0.15, 0.2) is 48.5 Å². The Hall–Kier alpha value is -3.36. The molecule has 0 amide bonds. The van der Waals surface area contributed by atoms with Gasteiger partial charge in [0.2, 0.25) is 0 Å². The van der Waals surface area contributed by atoms with Crippen LogP contribution in [0.5, 0.6) is 0 Å². The predicted octanol–water partition coefficient (Wildman–Crippen LogP) is 4.34. The van der Waals surface area contributed by atoms with Crippen LogP contribution in [0.25, 0.3) is 33.5 Å². The average molecular weight is 437 g/mol. The monoisotopic (exact) mass is 436 g/mol. The maximum absolute atomic E-state index is 6.27. The fourth-order valence-electron chi connectivity index (χ4n) is 3.48. The number of nitrogens with one attached hydrogen (secondary N) is 1. The standard InChI is InChI=1S/C20H14Cl2N8/c1-11-23-16-17(19(22)25-24-18(16)21)30(11)10-12-6-8-13(9-7-12)14-4-2-3-5-15(14)20-26-28-29-27-20/h2-9H,10H2,1H3,(H,26,27,28,29). The van der Waals surface area contributed by atoms with Crippen LogP contribution in [-0.4, -0.2) is 40.4 Å². The van der Waals surface area contributed by atoms with Gasteiger partial charge in [0, 0.05) is 12.1 Å².